The van der Waals surface area contributed by atoms with Crippen LogP contribution >= 0.6 is 0 Å². The van der Waals surface area contributed by atoms with E-state index in [1.165, 1.54) is 29.3 Å². The van der Waals surface area contributed by atoms with E-state index in [1.54, 1.807) is 0 Å². The number of hydrazine groups is 1. The quantitative estimate of drug-likeness (QED) is 0.417. The van der Waals surface area contributed by atoms with Gasteiger partial charge in [-0.1, -0.05) is 37.3 Å². The Morgan fingerprint density at radius 3 is 2.32 bits per heavy atom. The van der Waals surface area contributed by atoms with E-state index in [0.717, 1.165) is 17.0 Å². The van der Waals surface area contributed by atoms with Crippen molar-refractivity contribution >= 4 is 23.4 Å². The average molecular weight is 421 g/mol. The van der Waals surface area contributed by atoms with Crippen LogP contribution in [0.1, 0.15) is 42.1 Å². The minimum absolute atomic E-state index is 0.0448. The van der Waals surface area contributed by atoms with Gasteiger partial charge in [-0.3, -0.25) is 24.5 Å². The molecule has 31 heavy (non-hydrogen) atoms. The van der Waals surface area contributed by atoms with Crippen molar-refractivity contribution in [2.75, 3.05) is 0 Å². The Labute approximate surface area is 179 Å². The number of hydrogen-bond acceptors (Lipinski definition) is 5. The number of carbonyl (C=O) groups excluding carboxylic acids is 3. The summed E-state index contributed by atoms with van der Waals surface area (Å²) < 4.78 is 0. The molecule has 160 valence electrons. The summed E-state index contributed by atoms with van der Waals surface area (Å²) in [6.45, 7) is 2.11. The summed E-state index contributed by atoms with van der Waals surface area (Å²) in [5.74, 6) is -1.68. The first-order valence-electron chi connectivity index (χ1n) is 10.3. The van der Waals surface area contributed by atoms with Gasteiger partial charge in [0.1, 0.15) is 0 Å². The second-order valence-electron chi connectivity index (χ2n) is 8.27. The number of fused-ring (bicyclic) bond motifs is 1. The largest absolute Gasteiger partial charge is 0.273 e. The summed E-state index contributed by atoms with van der Waals surface area (Å²) in [5.41, 5.74) is 0.798. The third kappa shape index (κ3) is 3.93. The number of amides is 3. The van der Waals surface area contributed by atoms with E-state index in [4.69, 9.17) is 0 Å². The Bertz CT molecular complexity index is 1020. The van der Waals surface area contributed by atoms with Gasteiger partial charge >= 0.3 is 0 Å². The van der Waals surface area contributed by atoms with E-state index in [1.807, 2.05) is 30.3 Å². The molecular weight excluding hydrogens is 398 g/mol. The lowest BCUT2D eigenvalue weighted by atomic mass is 9.76. The molecule has 8 heteroatoms. The van der Waals surface area contributed by atoms with Gasteiger partial charge in [-0.05, 0) is 42.9 Å². The molecule has 4 rings (SSSR count). The van der Waals surface area contributed by atoms with E-state index >= 15 is 0 Å². The van der Waals surface area contributed by atoms with Gasteiger partial charge in [-0.25, -0.2) is 5.01 Å². The van der Waals surface area contributed by atoms with Crippen molar-refractivity contribution in [2.24, 2.45) is 17.8 Å². The van der Waals surface area contributed by atoms with Crippen molar-refractivity contribution in [1.29, 1.82) is 0 Å². The molecule has 1 saturated carbocycles. The topological polar surface area (TPSA) is 101 Å². The van der Waals surface area contributed by atoms with E-state index in [0.29, 0.717) is 18.8 Å². The highest BCUT2D eigenvalue weighted by atomic mass is 16.6. The van der Waals surface area contributed by atoms with Crippen molar-refractivity contribution in [3.05, 3.63) is 75.8 Å². The molecule has 8 nitrogen and oxygen atoms in total. The first-order chi connectivity index (χ1) is 14.9. The Morgan fingerprint density at radius 1 is 1.03 bits per heavy atom. The lowest BCUT2D eigenvalue weighted by Crippen LogP contribution is -2.49. The van der Waals surface area contributed by atoms with Crippen LogP contribution in [-0.2, 0) is 16.1 Å². The minimum Gasteiger partial charge on any atom is -0.272 e. The molecule has 0 bridgehead atoms. The standard InChI is InChI=1S/C23H23N3O5/c1-15-7-12-19-20(13-15)23(29)25(22(19)28)24(14-16-5-3-2-4-6-16)21(27)17-8-10-18(11-9-17)26(30)31/h2-6,8-11,15,19-20H,7,12-14H2,1H3/t15-,19+,20+/m1/s1. The summed E-state index contributed by atoms with van der Waals surface area (Å²) in [7, 11) is 0. The van der Waals surface area contributed by atoms with Gasteiger partial charge in [0, 0.05) is 17.7 Å². The third-order valence-electron chi connectivity index (χ3n) is 6.14. The lowest BCUT2D eigenvalue weighted by molar-refractivity contribution is -0.384. The molecule has 0 unspecified atom stereocenters. The molecule has 1 aliphatic heterocycles. The van der Waals surface area contributed by atoms with Crippen LogP contribution in [0.3, 0.4) is 0 Å². The third-order valence-corrected chi connectivity index (χ3v) is 6.14. The van der Waals surface area contributed by atoms with E-state index in [2.05, 4.69) is 6.92 Å². The maximum absolute atomic E-state index is 13.4. The van der Waals surface area contributed by atoms with Crippen LogP contribution in [0.2, 0.25) is 0 Å². The highest BCUT2D eigenvalue weighted by Crippen LogP contribution is 2.41. The molecular formula is C23H23N3O5. The van der Waals surface area contributed by atoms with Crippen LogP contribution in [0.15, 0.2) is 54.6 Å². The van der Waals surface area contributed by atoms with Gasteiger partial charge in [-0.2, -0.15) is 5.01 Å². The van der Waals surface area contributed by atoms with Crippen LogP contribution in [0.5, 0.6) is 0 Å². The number of nitro groups is 1. The minimum atomic E-state index is -0.549. The monoisotopic (exact) mass is 421 g/mol. The zero-order valence-corrected chi connectivity index (χ0v) is 17.1. The molecule has 3 amide bonds. The van der Waals surface area contributed by atoms with Crippen molar-refractivity contribution in [2.45, 2.75) is 32.7 Å². The van der Waals surface area contributed by atoms with Crippen molar-refractivity contribution in [3.8, 4) is 0 Å². The summed E-state index contributed by atoms with van der Waals surface area (Å²) in [4.78, 5) is 50.2. The van der Waals surface area contributed by atoms with Gasteiger partial charge in [0.2, 0.25) is 0 Å². The molecule has 2 aliphatic rings. The van der Waals surface area contributed by atoms with Gasteiger partial charge in [-0.15, -0.1) is 0 Å². The van der Waals surface area contributed by atoms with Gasteiger partial charge < -0.3 is 0 Å². The van der Waals surface area contributed by atoms with E-state index < -0.39 is 22.7 Å². The number of nitro benzene ring substituents is 1. The zero-order chi connectivity index (χ0) is 22.1. The predicted octanol–water partition coefficient (Wildman–Crippen LogP) is 3.57. The Morgan fingerprint density at radius 2 is 1.68 bits per heavy atom. The fraction of sp³-hybridized carbons (Fsp3) is 0.348. The van der Waals surface area contributed by atoms with Crippen LogP contribution in [-0.4, -0.2) is 32.7 Å². The molecule has 1 saturated heterocycles. The number of imide groups is 1. The normalized spacial score (nSPS) is 22.9. The van der Waals surface area contributed by atoms with Crippen LogP contribution in [0, 0.1) is 27.9 Å². The van der Waals surface area contributed by atoms with Gasteiger partial charge in [0.15, 0.2) is 0 Å². The fourth-order valence-corrected chi connectivity index (χ4v) is 4.47. The van der Waals surface area contributed by atoms with Crippen LogP contribution in [0.25, 0.3) is 0 Å². The smallest absolute Gasteiger partial charge is 0.272 e. The highest BCUT2D eigenvalue weighted by molar-refractivity contribution is 6.07. The maximum atomic E-state index is 13.4. The Balaban J connectivity index is 1.69. The van der Waals surface area contributed by atoms with Crippen molar-refractivity contribution in [1.82, 2.24) is 10.0 Å². The average Bonchev–Trinajstić information content (AvgIpc) is 3.02. The first-order valence-corrected chi connectivity index (χ1v) is 10.3. The lowest BCUT2D eigenvalue weighted by Gasteiger charge is -2.30. The van der Waals surface area contributed by atoms with Crippen LogP contribution < -0.4 is 0 Å². The second-order valence-corrected chi connectivity index (χ2v) is 8.27. The molecule has 0 aromatic heterocycles. The van der Waals surface area contributed by atoms with Crippen LogP contribution in [0.4, 0.5) is 5.69 Å². The Kier molecular flexibility index (Phi) is 5.54. The molecule has 3 atom stereocenters. The molecule has 0 spiro atoms. The van der Waals surface area contributed by atoms with Gasteiger partial charge in [0.05, 0.1) is 23.3 Å². The fourth-order valence-electron chi connectivity index (χ4n) is 4.47. The summed E-state index contributed by atoms with van der Waals surface area (Å²) in [6, 6.07) is 14.3. The number of hydrogen-bond donors (Lipinski definition) is 0. The second kappa shape index (κ2) is 8.29. The van der Waals surface area contributed by atoms with E-state index in [-0.39, 0.29) is 29.6 Å². The van der Waals surface area contributed by atoms with Crippen molar-refractivity contribution < 1.29 is 19.3 Å². The number of carbonyl (C=O) groups is 3. The predicted molar refractivity (Wildman–Crippen MR) is 111 cm³/mol. The van der Waals surface area contributed by atoms with Crippen molar-refractivity contribution in [3.63, 3.8) is 0 Å². The summed E-state index contributed by atoms with van der Waals surface area (Å²) in [6.07, 6.45) is 2.15. The summed E-state index contributed by atoms with van der Waals surface area (Å²) in [5, 5.41) is 13.1. The SMILES string of the molecule is C[C@@H]1CC[C@@H]2C(=O)N(N(Cc3ccccc3)C(=O)c3ccc([N+](=O)[O-])cc3)C(=O)[C@H]2C1. The Hall–Kier alpha value is -3.55. The first kappa shape index (κ1) is 20.7. The van der Waals surface area contributed by atoms with Gasteiger partial charge in [0.25, 0.3) is 23.4 Å². The molecule has 2 fully saturated rings. The maximum Gasteiger partial charge on any atom is 0.273 e. The molecule has 1 heterocycles. The number of non-ortho nitro benzene ring substituents is 1. The number of rotatable bonds is 5. The highest BCUT2D eigenvalue weighted by Gasteiger charge is 2.52. The molecule has 0 N–H and O–H groups in total. The molecule has 0 radical (unpaired) electrons. The number of benzene rings is 2. The molecule has 2 aromatic carbocycles. The molecule has 2 aromatic rings. The van der Waals surface area contributed by atoms with E-state index in [9.17, 15) is 24.5 Å². The number of nitrogens with zero attached hydrogens (tertiary/aromatic N) is 3. The molecule has 1 aliphatic carbocycles. The zero-order valence-electron chi connectivity index (χ0n) is 17.1. The summed E-state index contributed by atoms with van der Waals surface area (Å²) >= 11 is 0.